The van der Waals surface area contributed by atoms with Crippen molar-refractivity contribution in [1.29, 1.82) is 0 Å². The SMILES string of the molecule is C#CCOc1ccc(C(=O)NCC(C)C)cc1OC.CC. The highest BCUT2D eigenvalue weighted by Gasteiger charge is 2.11. The van der Waals surface area contributed by atoms with Gasteiger partial charge < -0.3 is 14.8 Å². The summed E-state index contributed by atoms with van der Waals surface area (Å²) in [5, 5.41) is 2.84. The topological polar surface area (TPSA) is 47.6 Å². The van der Waals surface area contributed by atoms with Crippen molar-refractivity contribution in [3.05, 3.63) is 23.8 Å². The van der Waals surface area contributed by atoms with Crippen LogP contribution in [0.5, 0.6) is 11.5 Å². The Morgan fingerprint density at radius 3 is 2.52 bits per heavy atom. The normalized spacial score (nSPS) is 9.19. The van der Waals surface area contributed by atoms with Gasteiger partial charge in [0.15, 0.2) is 11.5 Å². The van der Waals surface area contributed by atoms with E-state index in [4.69, 9.17) is 15.9 Å². The number of ether oxygens (including phenoxy) is 2. The second-order valence-electron chi connectivity index (χ2n) is 4.46. The lowest BCUT2D eigenvalue weighted by Gasteiger charge is -2.11. The first-order valence-corrected chi connectivity index (χ1v) is 7.11. The van der Waals surface area contributed by atoms with Gasteiger partial charge in [0.1, 0.15) is 6.61 Å². The van der Waals surface area contributed by atoms with Crippen LogP contribution in [0.1, 0.15) is 38.1 Å². The van der Waals surface area contributed by atoms with Crippen molar-refractivity contribution < 1.29 is 14.3 Å². The maximum atomic E-state index is 11.9. The molecule has 0 atom stereocenters. The number of hydrogen-bond acceptors (Lipinski definition) is 3. The number of carbonyl (C=O) groups is 1. The van der Waals surface area contributed by atoms with Crippen LogP contribution < -0.4 is 14.8 Å². The van der Waals surface area contributed by atoms with E-state index in [9.17, 15) is 4.79 Å². The Morgan fingerprint density at radius 2 is 2.00 bits per heavy atom. The number of rotatable bonds is 6. The molecule has 0 saturated heterocycles. The summed E-state index contributed by atoms with van der Waals surface area (Å²) in [6.07, 6.45) is 5.13. The van der Waals surface area contributed by atoms with Gasteiger partial charge in [-0.1, -0.05) is 33.6 Å². The van der Waals surface area contributed by atoms with Crippen LogP contribution in [-0.2, 0) is 0 Å². The van der Waals surface area contributed by atoms with E-state index in [0.29, 0.717) is 29.5 Å². The Labute approximate surface area is 127 Å². The van der Waals surface area contributed by atoms with Crippen molar-refractivity contribution in [3.8, 4) is 23.8 Å². The molecule has 0 aliphatic carbocycles. The first-order valence-electron chi connectivity index (χ1n) is 7.11. The predicted molar refractivity (Wildman–Crippen MR) is 85.8 cm³/mol. The molecule has 1 aromatic rings. The van der Waals surface area contributed by atoms with Crippen LogP contribution >= 0.6 is 0 Å². The lowest BCUT2D eigenvalue weighted by Crippen LogP contribution is -2.27. The summed E-state index contributed by atoms with van der Waals surface area (Å²) in [5.41, 5.74) is 0.533. The first-order chi connectivity index (χ1) is 10.1. The van der Waals surface area contributed by atoms with Gasteiger partial charge in [-0.05, 0) is 24.1 Å². The predicted octanol–water partition coefficient (Wildman–Crippen LogP) is 3.12. The highest BCUT2D eigenvalue weighted by molar-refractivity contribution is 5.94. The third kappa shape index (κ3) is 6.71. The Bertz CT molecular complexity index is 475. The maximum Gasteiger partial charge on any atom is 0.251 e. The van der Waals surface area contributed by atoms with Crippen molar-refractivity contribution in [2.75, 3.05) is 20.3 Å². The van der Waals surface area contributed by atoms with Gasteiger partial charge in [-0.2, -0.15) is 0 Å². The highest BCUT2D eigenvalue weighted by Crippen LogP contribution is 2.27. The quantitative estimate of drug-likeness (QED) is 0.819. The summed E-state index contributed by atoms with van der Waals surface area (Å²) in [4.78, 5) is 11.9. The molecule has 0 fully saturated rings. The zero-order valence-corrected chi connectivity index (χ0v) is 13.5. The molecule has 0 aliphatic rings. The lowest BCUT2D eigenvalue weighted by molar-refractivity contribution is 0.0948. The molecule has 1 amide bonds. The maximum absolute atomic E-state index is 11.9. The van der Waals surface area contributed by atoms with Crippen molar-refractivity contribution in [3.63, 3.8) is 0 Å². The van der Waals surface area contributed by atoms with Crippen LogP contribution in [0.3, 0.4) is 0 Å². The van der Waals surface area contributed by atoms with Crippen molar-refractivity contribution in [1.82, 2.24) is 5.32 Å². The number of methoxy groups -OCH3 is 1. The molecule has 21 heavy (non-hydrogen) atoms. The first kappa shape index (κ1) is 18.9. The van der Waals surface area contributed by atoms with Gasteiger partial charge in [0.25, 0.3) is 5.91 Å². The van der Waals surface area contributed by atoms with E-state index >= 15 is 0 Å². The molecule has 0 aromatic heterocycles. The Balaban J connectivity index is 0.00000191. The number of benzene rings is 1. The fraction of sp³-hybridized carbons (Fsp3) is 0.471. The van der Waals surface area contributed by atoms with Crippen LogP contribution in [0.25, 0.3) is 0 Å². The van der Waals surface area contributed by atoms with Crippen LogP contribution in [0.15, 0.2) is 18.2 Å². The molecule has 0 aliphatic heterocycles. The average molecular weight is 291 g/mol. The van der Waals surface area contributed by atoms with E-state index in [2.05, 4.69) is 11.2 Å². The van der Waals surface area contributed by atoms with Crippen molar-refractivity contribution >= 4 is 5.91 Å². The summed E-state index contributed by atoms with van der Waals surface area (Å²) in [6.45, 7) is 8.88. The summed E-state index contributed by atoms with van der Waals surface area (Å²) in [7, 11) is 1.52. The standard InChI is InChI=1S/C15H19NO3.C2H6/c1-5-8-19-13-7-6-12(9-14(13)18-4)15(17)16-10-11(2)3;1-2/h1,6-7,9,11H,8,10H2,2-4H3,(H,16,17);1-2H3. The molecule has 4 heteroatoms. The van der Waals surface area contributed by atoms with E-state index < -0.39 is 0 Å². The number of nitrogens with one attached hydrogen (secondary N) is 1. The Morgan fingerprint density at radius 1 is 1.33 bits per heavy atom. The van der Waals surface area contributed by atoms with Crippen LogP contribution in [0.4, 0.5) is 0 Å². The summed E-state index contributed by atoms with van der Waals surface area (Å²) in [5.74, 6) is 3.68. The minimum atomic E-state index is -0.129. The summed E-state index contributed by atoms with van der Waals surface area (Å²) in [6, 6.07) is 5.01. The molecule has 0 heterocycles. The van der Waals surface area contributed by atoms with Gasteiger partial charge in [0.2, 0.25) is 0 Å². The molecule has 4 nitrogen and oxygen atoms in total. The fourth-order valence-corrected chi connectivity index (χ4v) is 1.45. The van der Waals surface area contributed by atoms with Gasteiger partial charge in [0.05, 0.1) is 7.11 Å². The monoisotopic (exact) mass is 291 g/mol. The van der Waals surface area contributed by atoms with Gasteiger partial charge in [-0.25, -0.2) is 0 Å². The Kier molecular flexibility index (Phi) is 9.53. The van der Waals surface area contributed by atoms with Gasteiger partial charge in [0, 0.05) is 12.1 Å². The van der Waals surface area contributed by atoms with E-state index in [-0.39, 0.29) is 12.5 Å². The number of hydrogen-bond donors (Lipinski definition) is 1. The third-order valence-electron chi connectivity index (χ3n) is 2.41. The summed E-state index contributed by atoms with van der Waals surface area (Å²) < 4.78 is 10.5. The smallest absolute Gasteiger partial charge is 0.251 e. The van der Waals surface area contributed by atoms with E-state index in [1.165, 1.54) is 7.11 Å². The Hall–Kier alpha value is -2.15. The average Bonchev–Trinajstić information content (AvgIpc) is 2.52. The number of terminal acetylenes is 1. The summed E-state index contributed by atoms with van der Waals surface area (Å²) >= 11 is 0. The molecule has 116 valence electrons. The second-order valence-corrected chi connectivity index (χ2v) is 4.46. The molecular formula is C17H25NO3. The van der Waals surface area contributed by atoms with Crippen LogP contribution in [0, 0.1) is 18.3 Å². The zero-order valence-electron chi connectivity index (χ0n) is 13.5. The minimum Gasteiger partial charge on any atom is -0.493 e. The molecular weight excluding hydrogens is 266 g/mol. The zero-order chi connectivity index (χ0) is 16.3. The largest absolute Gasteiger partial charge is 0.493 e. The molecule has 0 bridgehead atoms. The number of carbonyl (C=O) groups excluding carboxylic acids is 1. The van der Waals surface area contributed by atoms with E-state index in [1.807, 2.05) is 27.7 Å². The molecule has 0 radical (unpaired) electrons. The molecule has 0 saturated carbocycles. The van der Waals surface area contributed by atoms with E-state index in [1.54, 1.807) is 18.2 Å². The van der Waals surface area contributed by atoms with Crippen LogP contribution in [-0.4, -0.2) is 26.2 Å². The van der Waals surface area contributed by atoms with Crippen molar-refractivity contribution in [2.24, 2.45) is 5.92 Å². The molecule has 1 aromatic carbocycles. The number of amides is 1. The molecule has 1 N–H and O–H groups in total. The highest BCUT2D eigenvalue weighted by atomic mass is 16.5. The minimum absolute atomic E-state index is 0.129. The van der Waals surface area contributed by atoms with Gasteiger partial charge in [-0.15, -0.1) is 6.42 Å². The van der Waals surface area contributed by atoms with Crippen molar-refractivity contribution in [2.45, 2.75) is 27.7 Å². The third-order valence-corrected chi connectivity index (χ3v) is 2.41. The lowest BCUT2D eigenvalue weighted by atomic mass is 10.1. The fourth-order valence-electron chi connectivity index (χ4n) is 1.45. The molecule has 1 rings (SSSR count). The molecule has 0 spiro atoms. The molecule has 0 unspecified atom stereocenters. The van der Waals surface area contributed by atoms with Gasteiger partial charge in [-0.3, -0.25) is 4.79 Å². The van der Waals surface area contributed by atoms with Gasteiger partial charge >= 0.3 is 0 Å². The van der Waals surface area contributed by atoms with E-state index in [0.717, 1.165) is 0 Å². The second kappa shape index (κ2) is 10.6. The van der Waals surface area contributed by atoms with Crippen LogP contribution in [0.2, 0.25) is 0 Å².